The van der Waals surface area contributed by atoms with Crippen molar-refractivity contribution >= 4 is 5.91 Å². The summed E-state index contributed by atoms with van der Waals surface area (Å²) in [7, 11) is 1.93. The summed E-state index contributed by atoms with van der Waals surface area (Å²) in [4.78, 5) is 15.0. The number of hydrogen-bond donors (Lipinski definition) is 1. The maximum atomic E-state index is 12.5. The average Bonchev–Trinajstić information content (AvgIpc) is 3.15. The van der Waals surface area contributed by atoms with Gasteiger partial charge in [-0.05, 0) is 45.2 Å². The molecule has 5 nitrogen and oxygen atoms in total. The van der Waals surface area contributed by atoms with E-state index in [1.165, 1.54) is 32.2 Å². The molecule has 2 aliphatic rings. The summed E-state index contributed by atoms with van der Waals surface area (Å²) in [6.07, 6.45) is 7.54. The normalized spacial score (nSPS) is 23.8. The maximum Gasteiger partial charge on any atom is 0.224 e. The molecule has 0 aromatic carbocycles. The Kier molecular flexibility index (Phi) is 4.81. The zero-order chi connectivity index (χ0) is 15.5. The molecule has 2 fully saturated rings. The summed E-state index contributed by atoms with van der Waals surface area (Å²) in [5.41, 5.74) is 2.06. The minimum atomic E-state index is 0.156. The van der Waals surface area contributed by atoms with E-state index in [0.29, 0.717) is 6.54 Å². The van der Waals surface area contributed by atoms with Gasteiger partial charge in [-0.25, -0.2) is 0 Å². The predicted molar refractivity (Wildman–Crippen MR) is 86.3 cm³/mol. The van der Waals surface area contributed by atoms with Crippen molar-refractivity contribution in [2.45, 2.75) is 58.0 Å². The Morgan fingerprint density at radius 1 is 1.32 bits per heavy atom. The highest BCUT2D eigenvalue weighted by molar-refractivity contribution is 5.78. The topological polar surface area (TPSA) is 50.2 Å². The molecule has 1 aromatic heterocycles. The Morgan fingerprint density at radius 2 is 2.09 bits per heavy atom. The molecule has 1 saturated carbocycles. The van der Waals surface area contributed by atoms with Crippen LogP contribution in [0, 0.1) is 12.8 Å². The van der Waals surface area contributed by atoms with Crippen LogP contribution in [0.2, 0.25) is 0 Å². The van der Waals surface area contributed by atoms with Gasteiger partial charge in [0.1, 0.15) is 0 Å². The zero-order valence-corrected chi connectivity index (χ0v) is 13.8. The monoisotopic (exact) mass is 304 g/mol. The third-order valence-electron chi connectivity index (χ3n) is 5.21. The van der Waals surface area contributed by atoms with Crippen molar-refractivity contribution in [2.75, 3.05) is 13.1 Å². The molecule has 1 aromatic rings. The quantitative estimate of drug-likeness (QED) is 0.925. The molecular formula is C17H28N4O. The molecule has 1 saturated heterocycles. The Hall–Kier alpha value is -1.36. The van der Waals surface area contributed by atoms with E-state index in [1.54, 1.807) is 0 Å². The summed E-state index contributed by atoms with van der Waals surface area (Å²) in [5.74, 6) is 0.366. The molecule has 0 radical (unpaired) electrons. The van der Waals surface area contributed by atoms with Gasteiger partial charge in [-0.15, -0.1) is 0 Å². The van der Waals surface area contributed by atoms with Crippen LogP contribution in [0.5, 0.6) is 0 Å². The van der Waals surface area contributed by atoms with Crippen LogP contribution in [0.4, 0.5) is 0 Å². The van der Waals surface area contributed by atoms with Crippen LogP contribution < -0.4 is 5.32 Å². The van der Waals surface area contributed by atoms with Crippen molar-refractivity contribution in [2.24, 2.45) is 13.0 Å². The molecule has 3 rings (SSSR count). The fourth-order valence-corrected chi connectivity index (χ4v) is 3.97. The first kappa shape index (κ1) is 15.5. The lowest BCUT2D eigenvalue weighted by Crippen LogP contribution is -2.46. The molecule has 22 heavy (non-hydrogen) atoms. The highest BCUT2D eigenvalue weighted by atomic mass is 16.1. The van der Waals surface area contributed by atoms with Crippen LogP contribution in [-0.4, -0.2) is 39.7 Å². The van der Waals surface area contributed by atoms with Crippen molar-refractivity contribution in [3.05, 3.63) is 17.5 Å². The Labute approximate surface area is 133 Å². The van der Waals surface area contributed by atoms with E-state index in [1.807, 2.05) is 24.7 Å². The van der Waals surface area contributed by atoms with Gasteiger partial charge in [0.05, 0.1) is 23.9 Å². The molecule has 122 valence electrons. The van der Waals surface area contributed by atoms with Crippen molar-refractivity contribution in [3.63, 3.8) is 0 Å². The van der Waals surface area contributed by atoms with Gasteiger partial charge < -0.3 is 5.32 Å². The zero-order valence-electron chi connectivity index (χ0n) is 13.8. The summed E-state index contributed by atoms with van der Waals surface area (Å²) >= 11 is 0. The third-order valence-corrected chi connectivity index (χ3v) is 5.21. The van der Waals surface area contributed by atoms with E-state index in [2.05, 4.69) is 15.3 Å². The lowest BCUT2D eigenvalue weighted by Gasteiger charge is -2.36. The van der Waals surface area contributed by atoms with Crippen LogP contribution in [-0.2, 0) is 18.4 Å². The number of carbonyl (C=O) groups is 1. The van der Waals surface area contributed by atoms with Gasteiger partial charge in [0.2, 0.25) is 5.91 Å². The van der Waals surface area contributed by atoms with E-state index in [9.17, 15) is 4.79 Å². The van der Waals surface area contributed by atoms with Crippen molar-refractivity contribution in [1.82, 2.24) is 20.0 Å². The van der Waals surface area contributed by atoms with Crippen molar-refractivity contribution in [1.29, 1.82) is 0 Å². The molecule has 2 heterocycles. The van der Waals surface area contributed by atoms with Crippen molar-refractivity contribution in [3.8, 4) is 0 Å². The largest absolute Gasteiger partial charge is 0.350 e. The van der Waals surface area contributed by atoms with Crippen LogP contribution >= 0.6 is 0 Å². The second-order valence-corrected chi connectivity index (χ2v) is 6.89. The van der Waals surface area contributed by atoms with Crippen LogP contribution in [0.3, 0.4) is 0 Å². The van der Waals surface area contributed by atoms with Crippen LogP contribution in [0.25, 0.3) is 0 Å². The summed E-state index contributed by atoms with van der Waals surface area (Å²) in [5, 5.41) is 7.43. The predicted octanol–water partition coefficient (Wildman–Crippen LogP) is 2.00. The molecule has 1 N–H and O–H groups in total. The van der Waals surface area contributed by atoms with E-state index in [4.69, 9.17) is 0 Å². The van der Waals surface area contributed by atoms with Gasteiger partial charge in [0.15, 0.2) is 0 Å². The Bertz CT molecular complexity index is 519. The van der Waals surface area contributed by atoms with Gasteiger partial charge in [-0.3, -0.25) is 14.4 Å². The molecule has 1 aliphatic heterocycles. The highest BCUT2D eigenvalue weighted by Gasteiger charge is 2.30. The average molecular weight is 304 g/mol. The molecule has 1 atom stereocenters. The minimum absolute atomic E-state index is 0.156. The number of piperidine rings is 1. The number of hydrogen-bond acceptors (Lipinski definition) is 3. The summed E-state index contributed by atoms with van der Waals surface area (Å²) < 4.78 is 1.85. The van der Waals surface area contributed by atoms with Gasteiger partial charge in [0, 0.05) is 19.6 Å². The van der Waals surface area contributed by atoms with Crippen molar-refractivity contribution < 1.29 is 4.79 Å². The van der Waals surface area contributed by atoms with Gasteiger partial charge in [-0.2, -0.15) is 5.10 Å². The van der Waals surface area contributed by atoms with E-state index < -0.39 is 0 Å². The lowest BCUT2D eigenvalue weighted by molar-refractivity contribution is -0.127. The van der Waals surface area contributed by atoms with E-state index >= 15 is 0 Å². The molecule has 0 spiro atoms. The second kappa shape index (κ2) is 6.82. The first-order chi connectivity index (χ1) is 10.6. The smallest absolute Gasteiger partial charge is 0.224 e. The molecule has 5 heteroatoms. The fraction of sp³-hybridized carbons (Fsp3) is 0.765. The first-order valence-corrected chi connectivity index (χ1v) is 8.65. The molecule has 1 amide bonds. The number of carbonyl (C=O) groups excluding carboxylic acids is 1. The number of nitrogens with zero attached hydrogens (tertiary/aromatic N) is 3. The van der Waals surface area contributed by atoms with Gasteiger partial charge in [-0.1, -0.05) is 12.8 Å². The summed E-state index contributed by atoms with van der Waals surface area (Å²) in [6.45, 7) is 4.68. The standard InChI is InChI=1S/C17H28N4O/c1-13-10-16(20(2)19-13)11-18-17(22)14-6-5-9-21(12-14)15-7-3-4-8-15/h10,14-15H,3-9,11-12H2,1-2H3,(H,18,22)/t14-/m1/s1. The fourth-order valence-electron chi connectivity index (χ4n) is 3.97. The maximum absolute atomic E-state index is 12.5. The number of rotatable bonds is 4. The van der Waals surface area contributed by atoms with Crippen LogP contribution in [0.1, 0.15) is 49.9 Å². The minimum Gasteiger partial charge on any atom is -0.350 e. The third kappa shape index (κ3) is 3.51. The first-order valence-electron chi connectivity index (χ1n) is 8.65. The number of aromatic nitrogens is 2. The molecule has 1 aliphatic carbocycles. The van der Waals surface area contributed by atoms with E-state index in [-0.39, 0.29) is 11.8 Å². The van der Waals surface area contributed by atoms with Gasteiger partial charge >= 0.3 is 0 Å². The Balaban J connectivity index is 1.52. The van der Waals surface area contributed by atoms with E-state index in [0.717, 1.165) is 36.8 Å². The number of nitrogens with one attached hydrogen (secondary N) is 1. The number of aryl methyl sites for hydroxylation is 2. The molecule has 0 unspecified atom stereocenters. The lowest BCUT2D eigenvalue weighted by atomic mass is 9.95. The highest BCUT2D eigenvalue weighted by Crippen LogP contribution is 2.28. The summed E-state index contributed by atoms with van der Waals surface area (Å²) in [6, 6.07) is 2.77. The second-order valence-electron chi connectivity index (χ2n) is 6.89. The molecular weight excluding hydrogens is 276 g/mol. The Morgan fingerprint density at radius 3 is 2.77 bits per heavy atom. The van der Waals surface area contributed by atoms with Gasteiger partial charge in [0.25, 0.3) is 0 Å². The molecule has 0 bridgehead atoms. The SMILES string of the molecule is Cc1cc(CNC(=O)[C@@H]2CCCN(C3CCCC3)C2)n(C)n1. The number of amides is 1. The van der Waals surface area contributed by atoms with Crippen LogP contribution in [0.15, 0.2) is 6.07 Å². The number of likely N-dealkylation sites (tertiary alicyclic amines) is 1.